The second-order valence-corrected chi connectivity index (χ2v) is 9.16. The maximum Gasteiger partial charge on any atom is 0.336 e. The van der Waals surface area contributed by atoms with Crippen molar-refractivity contribution in [3.05, 3.63) is 82.7 Å². The highest BCUT2D eigenvalue weighted by atomic mass is 16.5. The predicted molar refractivity (Wildman–Crippen MR) is 134 cm³/mol. The Kier molecular flexibility index (Phi) is 7.58. The van der Waals surface area contributed by atoms with Gasteiger partial charge in [0.1, 0.15) is 17.4 Å². The lowest BCUT2D eigenvalue weighted by atomic mass is 9.69. The lowest BCUT2D eigenvalue weighted by molar-refractivity contribution is -0.151. The third-order valence-electron chi connectivity index (χ3n) is 6.57. The zero-order valence-corrected chi connectivity index (χ0v) is 21.0. The first kappa shape index (κ1) is 25.2. The third-order valence-corrected chi connectivity index (χ3v) is 6.57. The fraction of sp³-hybridized carbons (Fsp3) is 0.345. The molecule has 2 aromatic carbocycles. The summed E-state index contributed by atoms with van der Waals surface area (Å²) in [5.41, 5.74) is 2.80. The number of Topliss-reactive ketones (excluding diaryl/α,β-unsaturated/α-hetero) is 1. The quantitative estimate of drug-likeness (QED) is 0.430. The summed E-state index contributed by atoms with van der Waals surface area (Å²) in [7, 11) is 1.28. The molecular weight excluding hydrogens is 458 g/mol. The van der Waals surface area contributed by atoms with Gasteiger partial charge in [0.2, 0.25) is 0 Å². The van der Waals surface area contributed by atoms with Crippen LogP contribution in [0.5, 0.6) is 11.5 Å². The number of carbonyl (C=O) groups excluding carboxylic acids is 3. The number of dihydropyridines is 1. The molecule has 1 heterocycles. The average molecular weight is 490 g/mol. The topological polar surface area (TPSA) is 90.9 Å². The van der Waals surface area contributed by atoms with Crippen molar-refractivity contribution in [1.29, 1.82) is 0 Å². The summed E-state index contributed by atoms with van der Waals surface area (Å²) < 4.78 is 16.5. The van der Waals surface area contributed by atoms with Gasteiger partial charge in [0.05, 0.1) is 19.3 Å². The Bertz CT molecular complexity index is 1230. The average Bonchev–Trinajstić information content (AvgIpc) is 2.87. The standard InChI is InChI=1S/C29H31NO6/c1-5-14-35-29(33)24-18(3)30-22-15-17(2)23(28(32)34-4)27(31)26(22)25(24)19-10-9-13-21(16-19)36-20-11-7-6-8-12-20/h6-13,16-17,23,25,30H,5,14-15H2,1-4H3/t17-,23+,25-/m0/s1. The smallest absolute Gasteiger partial charge is 0.336 e. The summed E-state index contributed by atoms with van der Waals surface area (Å²) in [4.78, 5) is 39.7. The third kappa shape index (κ3) is 4.91. The fourth-order valence-electron chi connectivity index (χ4n) is 4.94. The molecule has 36 heavy (non-hydrogen) atoms. The van der Waals surface area contributed by atoms with E-state index in [-0.39, 0.29) is 18.3 Å². The Balaban J connectivity index is 1.82. The van der Waals surface area contributed by atoms with Crippen LogP contribution < -0.4 is 10.1 Å². The van der Waals surface area contributed by atoms with Gasteiger partial charge in [0.15, 0.2) is 5.78 Å². The summed E-state index contributed by atoms with van der Waals surface area (Å²) in [5.74, 6) is -2.05. The van der Waals surface area contributed by atoms with E-state index in [4.69, 9.17) is 14.2 Å². The number of benzene rings is 2. The number of hydrogen-bond acceptors (Lipinski definition) is 7. The highest BCUT2D eigenvalue weighted by Crippen LogP contribution is 2.46. The van der Waals surface area contributed by atoms with Crippen LogP contribution in [0.4, 0.5) is 0 Å². The monoisotopic (exact) mass is 489 g/mol. The first-order valence-electron chi connectivity index (χ1n) is 12.2. The van der Waals surface area contributed by atoms with Crippen molar-refractivity contribution in [2.75, 3.05) is 13.7 Å². The lowest BCUT2D eigenvalue weighted by Crippen LogP contribution is -2.43. The van der Waals surface area contributed by atoms with E-state index in [9.17, 15) is 14.4 Å². The Labute approximate surface area is 211 Å². The van der Waals surface area contributed by atoms with E-state index in [1.165, 1.54) is 7.11 Å². The second-order valence-electron chi connectivity index (χ2n) is 9.16. The van der Waals surface area contributed by atoms with Crippen LogP contribution in [0.1, 0.15) is 45.1 Å². The summed E-state index contributed by atoms with van der Waals surface area (Å²) in [6.07, 6.45) is 1.15. The molecule has 2 aromatic rings. The molecule has 0 bridgehead atoms. The van der Waals surface area contributed by atoms with Crippen LogP contribution >= 0.6 is 0 Å². The number of para-hydroxylation sites is 1. The molecule has 1 aliphatic heterocycles. The van der Waals surface area contributed by atoms with Crippen molar-refractivity contribution < 1.29 is 28.6 Å². The van der Waals surface area contributed by atoms with Gasteiger partial charge in [-0.25, -0.2) is 4.79 Å². The number of esters is 2. The largest absolute Gasteiger partial charge is 0.468 e. The van der Waals surface area contributed by atoms with Gasteiger partial charge in [-0.15, -0.1) is 0 Å². The molecule has 1 aliphatic carbocycles. The Morgan fingerprint density at radius 2 is 1.78 bits per heavy atom. The zero-order valence-electron chi connectivity index (χ0n) is 21.0. The second kappa shape index (κ2) is 10.8. The number of ether oxygens (including phenoxy) is 3. The van der Waals surface area contributed by atoms with Crippen molar-refractivity contribution in [3.63, 3.8) is 0 Å². The highest BCUT2D eigenvalue weighted by Gasteiger charge is 2.47. The SMILES string of the molecule is CCCOC(=O)C1=C(C)NC2=C(C(=O)[C@H](C(=O)OC)[C@@H](C)C2)[C@H]1c1cccc(Oc2ccccc2)c1. The zero-order chi connectivity index (χ0) is 25.8. The number of hydrogen-bond donors (Lipinski definition) is 1. The Morgan fingerprint density at radius 3 is 2.47 bits per heavy atom. The molecule has 188 valence electrons. The minimum absolute atomic E-state index is 0.244. The maximum atomic E-state index is 13.8. The molecule has 7 nitrogen and oxygen atoms in total. The number of nitrogens with one attached hydrogen (secondary N) is 1. The maximum absolute atomic E-state index is 13.8. The van der Waals surface area contributed by atoms with Crippen molar-refractivity contribution in [3.8, 4) is 11.5 Å². The summed E-state index contributed by atoms with van der Waals surface area (Å²) in [6.45, 7) is 5.86. The van der Waals surface area contributed by atoms with Gasteiger partial charge in [0.25, 0.3) is 0 Å². The molecule has 0 unspecified atom stereocenters. The van der Waals surface area contributed by atoms with Crippen molar-refractivity contribution in [1.82, 2.24) is 5.32 Å². The van der Waals surface area contributed by atoms with Gasteiger partial charge >= 0.3 is 11.9 Å². The molecule has 0 saturated heterocycles. The Morgan fingerprint density at radius 1 is 1.06 bits per heavy atom. The van der Waals surface area contributed by atoms with Crippen molar-refractivity contribution >= 4 is 17.7 Å². The molecular formula is C29H31NO6. The number of rotatable bonds is 7. The van der Waals surface area contributed by atoms with Crippen LogP contribution in [0.2, 0.25) is 0 Å². The molecule has 0 fully saturated rings. The molecule has 0 saturated carbocycles. The van der Waals surface area contributed by atoms with Gasteiger partial charge in [0, 0.05) is 22.9 Å². The molecule has 4 rings (SSSR count). The first-order chi connectivity index (χ1) is 17.3. The van der Waals surface area contributed by atoms with E-state index in [1.54, 1.807) is 0 Å². The van der Waals surface area contributed by atoms with Crippen LogP contribution in [0.3, 0.4) is 0 Å². The molecule has 3 atom stereocenters. The normalized spacial score (nSPS) is 21.4. The number of carbonyl (C=O) groups is 3. The molecule has 0 radical (unpaired) electrons. The van der Waals surface area contributed by atoms with E-state index in [1.807, 2.05) is 75.4 Å². The van der Waals surface area contributed by atoms with Gasteiger partial charge in [-0.05, 0) is 55.5 Å². The molecule has 7 heteroatoms. The summed E-state index contributed by atoms with van der Waals surface area (Å²) in [5, 5.41) is 3.27. The Hall–Kier alpha value is -3.87. The summed E-state index contributed by atoms with van der Waals surface area (Å²) >= 11 is 0. The number of ketones is 1. The number of methoxy groups -OCH3 is 1. The molecule has 2 aliphatic rings. The predicted octanol–water partition coefficient (Wildman–Crippen LogP) is 5.05. The van der Waals surface area contributed by atoms with E-state index in [2.05, 4.69) is 5.32 Å². The van der Waals surface area contributed by atoms with E-state index >= 15 is 0 Å². The van der Waals surface area contributed by atoms with E-state index in [0.717, 1.165) is 5.70 Å². The minimum atomic E-state index is -0.937. The first-order valence-corrected chi connectivity index (χ1v) is 12.2. The van der Waals surface area contributed by atoms with Crippen molar-refractivity contribution in [2.24, 2.45) is 11.8 Å². The molecule has 1 N–H and O–H groups in total. The van der Waals surface area contributed by atoms with Gasteiger partial charge in [-0.2, -0.15) is 0 Å². The van der Waals surface area contributed by atoms with Crippen LogP contribution in [-0.4, -0.2) is 31.4 Å². The van der Waals surface area contributed by atoms with Crippen LogP contribution in [0.15, 0.2) is 77.1 Å². The van der Waals surface area contributed by atoms with E-state index < -0.39 is 23.8 Å². The van der Waals surface area contributed by atoms with Gasteiger partial charge in [-0.1, -0.05) is 44.2 Å². The van der Waals surface area contributed by atoms with Gasteiger partial charge in [-0.3, -0.25) is 9.59 Å². The van der Waals surface area contributed by atoms with Crippen molar-refractivity contribution in [2.45, 2.75) is 39.5 Å². The van der Waals surface area contributed by atoms with Gasteiger partial charge < -0.3 is 19.5 Å². The highest BCUT2D eigenvalue weighted by molar-refractivity contribution is 6.12. The molecule has 0 spiro atoms. The molecule has 0 amide bonds. The van der Waals surface area contributed by atoms with E-state index in [0.29, 0.717) is 46.7 Å². The minimum Gasteiger partial charge on any atom is -0.468 e. The van der Waals surface area contributed by atoms with Crippen LogP contribution in [0, 0.1) is 11.8 Å². The van der Waals surface area contributed by atoms with Crippen LogP contribution in [-0.2, 0) is 23.9 Å². The fourth-order valence-corrected chi connectivity index (χ4v) is 4.94. The van der Waals surface area contributed by atoms with Crippen LogP contribution in [0.25, 0.3) is 0 Å². The summed E-state index contributed by atoms with van der Waals surface area (Å²) in [6, 6.07) is 16.7. The number of allylic oxidation sites excluding steroid dienone is 3. The molecule has 0 aromatic heterocycles. The lowest BCUT2D eigenvalue weighted by Gasteiger charge is -2.38.